The summed E-state index contributed by atoms with van der Waals surface area (Å²) in [6.45, 7) is 0. The number of hydrogen-bond acceptors (Lipinski definition) is 6. The molecule has 2 rings (SSSR count). The Hall–Kier alpha value is -2.46. The number of ether oxygens (including phenoxy) is 2. The molecule has 0 aliphatic carbocycles. The van der Waals surface area contributed by atoms with Crippen molar-refractivity contribution in [3.63, 3.8) is 0 Å². The Morgan fingerprint density at radius 2 is 1.48 bits per heavy atom. The van der Waals surface area contributed by atoms with Crippen LogP contribution in [0.4, 0.5) is 11.4 Å². The van der Waals surface area contributed by atoms with Gasteiger partial charge in [0, 0.05) is 11.8 Å². The van der Waals surface area contributed by atoms with Crippen LogP contribution < -0.4 is 18.9 Å². The maximum absolute atomic E-state index is 12.5. The Bertz CT molecular complexity index is 954. The summed E-state index contributed by atoms with van der Waals surface area (Å²) in [7, 11) is -4.44. The van der Waals surface area contributed by atoms with Gasteiger partial charge in [-0.1, -0.05) is 0 Å². The molecule has 2 N–H and O–H groups in total. The number of sulfonamides is 2. The lowest BCUT2D eigenvalue weighted by molar-refractivity contribution is 0.405. The molecule has 0 radical (unpaired) electrons. The van der Waals surface area contributed by atoms with Crippen LogP contribution in [0.5, 0.6) is 11.5 Å². The molecule has 0 saturated heterocycles. The smallest absolute Gasteiger partial charge is 0.262 e. The van der Waals surface area contributed by atoms with Gasteiger partial charge in [0.05, 0.1) is 31.1 Å². The number of anilines is 2. The van der Waals surface area contributed by atoms with Crippen LogP contribution in [0, 0.1) is 0 Å². The maximum Gasteiger partial charge on any atom is 0.262 e. The number of benzene rings is 2. The average Bonchev–Trinajstić information content (AvgIpc) is 2.53. The minimum Gasteiger partial charge on any atom is -0.497 e. The largest absolute Gasteiger partial charge is 0.497 e. The van der Waals surface area contributed by atoms with E-state index >= 15 is 0 Å². The molecule has 136 valence electrons. The Morgan fingerprint density at radius 3 is 2.00 bits per heavy atom. The molecule has 0 fully saturated rings. The third-order valence-corrected chi connectivity index (χ3v) is 5.11. The summed E-state index contributed by atoms with van der Waals surface area (Å²) >= 11 is 0. The van der Waals surface area contributed by atoms with Crippen LogP contribution >= 0.6 is 0 Å². The van der Waals surface area contributed by atoms with Crippen LogP contribution in [0.25, 0.3) is 0 Å². The second-order valence-electron chi connectivity index (χ2n) is 5.07. The molecule has 10 heteroatoms. The van der Waals surface area contributed by atoms with Crippen LogP contribution in [0.2, 0.25) is 0 Å². The van der Waals surface area contributed by atoms with E-state index in [-0.39, 0.29) is 16.3 Å². The lowest BCUT2D eigenvalue weighted by Gasteiger charge is -2.13. The topological polar surface area (TPSA) is 111 Å². The standard InChI is InChI=1S/C15H18N2O6S2/c1-22-12-6-9-15(23-2)14(10-12)17-25(20,21)13-7-4-11(5-8-13)16-24(3,18)19/h4-10,16-17H,1-3H3. The van der Waals surface area contributed by atoms with E-state index in [0.29, 0.717) is 11.5 Å². The number of rotatable bonds is 7. The molecular formula is C15H18N2O6S2. The zero-order valence-electron chi connectivity index (χ0n) is 13.8. The third-order valence-electron chi connectivity index (χ3n) is 3.12. The highest BCUT2D eigenvalue weighted by Gasteiger charge is 2.17. The number of methoxy groups -OCH3 is 2. The molecule has 2 aromatic rings. The quantitative estimate of drug-likeness (QED) is 0.752. The first kappa shape index (κ1) is 18.9. The fraction of sp³-hybridized carbons (Fsp3) is 0.200. The van der Waals surface area contributed by atoms with Crippen molar-refractivity contribution in [2.45, 2.75) is 4.90 Å². The molecule has 2 aromatic carbocycles. The Morgan fingerprint density at radius 1 is 0.840 bits per heavy atom. The van der Waals surface area contributed by atoms with Crippen molar-refractivity contribution in [2.24, 2.45) is 0 Å². The normalized spacial score (nSPS) is 11.6. The predicted molar refractivity (Wildman–Crippen MR) is 95.3 cm³/mol. The van der Waals surface area contributed by atoms with Gasteiger partial charge in [-0.3, -0.25) is 9.44 Å². The summed E-state index contributed by atoms with van der Waals surface area (Å²) in [6.07, 6.45) is 1.01. The highest BCUT2D eigenvalue weighted by atomic mass is 32.2. The van der Waals surface area contributed by atoms with E-state index in [1.54, 1.807) is 12.1 Å². The van der Waals surface area contributed by atoms with Gasteiger partial charge < -0.3 is 9.47 Å². The molecule has 0 atom stereocenters. The molecule has 0 bridgehead atoms. The molecule has 0 heterocycles. The molecule has 0 saturated carbocycles. The second kappa shape index (κ2) is 7.19. The lowest BCUT2D eigenvalue weighted by Crippen LogP contribution is -2.14. The van der Waals surface area contributed by atoms with E-state index in [1.165, 1.54) is 44.6 Å². The molecule has 8 nitrogen and oxygen atoms in total. The molecule has 0 unspecified atom stereocenters. The van der Waals surface area contributed by atoms with Crippen molar-refractivity contribution in [3.05, 3.63) is 42.5 Å². The summed E-state index contributed by atoms with van der Waals surface area (Å²) in [6, 6.07) is 10.0. The van der Waals surface area contributed by atoms with Crippen molar-refractivity contribution in [1.29, 1.82) is 0 Å². The minimum absolute atomic E-state index is 0.0311. The Kier molecular flexibility index (Phi) is 5.43. The van der Waals surface area contributed by atoms with Crippen LogP contribution in [-0.2, 0) is 20.0 Å². The van der Waals surface area contributed by atoms with Crippen LogP contribution in [0.1, 0.15) is 0 Å². The monoisotopic (exact) mass is 386 g/mol. The zero-order valence-corrected chi connectivity index (χ0v) is 15.4. The van der Waals surface area contributed by atoms with Crippen molar-refractivity contribution in [2.75, 3.05) is 29.9 Å². The fourth-order valence-corrected chi connectivity index (χ4v) is 3.64. The summed E-state index contributed by atoms with van der Waals surface area (Å²) < 4.78 is 62.3. The average molecular weight is 386 g/mol. The second-order valence-corrected chi connectivity index (χ2v) is 8.50. The molecule has 0 aromatic heterocycles. The van der Waals surface area contributed by atoms with Gasteiger partial charge in [0.2, 0.25) is 10.0 Å². The van der Waals surface area contributed by atoms with Crippen LogP contribution in [-0.4, -0.2) is 37.3 Å². The third kappa shape index (κ3) is 5.00. The van der Waals surface area contributed by atoms with Crippen molar-refractivity contribution >= 4 is 31.4 Å². The van der Waals surface area contributed by atoms with Crippen molar-refractivity contribution in [1.82, 2.24) is 0 Å². The van der Waals surface area contributed by atoms with Gasteiger partial charge in [-0.25, -0.2) is 16.8 Å². The van der Waals surface area contributed by atoms with Gasteiger partial charge in [-0.05, 0) is 36.4 Å². The van der Waals surface area contributed by atoms with Gasteiger partial charge in [0.15, 0.2) is 0 Å². The van der Waals surface area contributed by atoms with E-state index in [2.05, 4.69) is 9.44 Å². The van der Waals surface area contributed by atoms with Crippen LogP contribution in [0.15, 0.2) is 47.4 Å². The maximum atomic E-state index is 12.5. The predicted octanol–water partition coefficient (Wildman–Crippen LogP) is 1.88. The zero-order chi connectivity index (χ0) is 18.7. The highest BCUT2D eigenvalue weighted by Crippen LogP contribution is 2.31. The summed E-state index contributed by atoms with van der Waals surface area (Å²) in [4.78, 5) is -0.0311. The summed E-state index contributed by atoms with van der Waals surface area (Å²) in [5, 5.41) is 0. The van der Waals surface area contributed by atoms with Gasteiger partial charge in [-0.2, -0.15) is 0 Å². The van der Waals surface area contributed by atoms with Gasteiger partial charge >= 0.3 is 0 Å². The SMILES string of the molecule is COc1ccc(OC)c(NS(=O)(=O)c2ccc(NS(C)(=O)=O)cc2)c1. The van der Waals surface area contributed by atoms with Crippen molar-refractivity contribution < 1.29 is 26.3 Å². The van der Waals surface area contributed by atoms with Gasteiger partial charge in [0.25, 0.3) is 10.0 Å². The first-order valence-corrected chi connectivity index (χ1v) is 10.3. The molecule has 25 heavy (non-hydrogen) atoms. The molecular weight excluding hydrogens is 368 g/mol. The van der Waals surface area contributed by atoms with Gasteiger partial charge in [0.1, 0.15) is 11.5 Å². The highest BCUT2D eigenvalue weighted by molar-refractivity contribution is 7.92. The van der Waals surface area contributed by atoms with Crippen molar-refractivity contribution in [3.8, 4) is 11.5 Å². The van der Waals surface area contributed by atoms with Gasteiger partial charge in [-0.15, -0.1) is 0 Å². The lowest BCUT2D eigenvalue weighted by atomic mass is 10.3. The Labute approximate surface area is 146 Å². The first-order chi connectivity index (χ1) is 11.6. The van der Waals surface area contributed by atoms with E-state index in [4.69, 9.17) is 9.47 Å². The Balaban J connectivity index is 2.30. The number of nitrogens with one attached hydrogen (secondary N) is 2. The van der Waals surface area contributed by atoms with E-state index in [0.717, 1.165) is 6.26 Å². The summed E-state index contributed by atoms with van der Waals surface area (Å²) in [5.41, 5.74) is 0.487. The van der Waals surface area contributed by atoms with E-state index in [1.807, 2.05) is 0 Å². The number of hydrogen-bond donors (Lipinski definition) is 2. The van der Waals surface area contributed by atoms with Crippen LogP contribution in [0.3, 0.4) is 0 Å². The van der Waals surface area contributed by atoms with E-state index in [9.17, 15) is 16.8 Å². The minimum atomic E-state index is -3.89. The molecule has 0 aliphatic heterocycles. The molecule has 0 amide bonds. The molecule has 0 aliphatic rings. The first-order valence-electron chi connectivity index (χ1n) is 6.97. The van der Waals surface area contributed by atoms with E-state index < -0.39 is 20.0 Å². The molecule has 0 spiro atoms. The summed E-state index contributed by atoms with van der Waals surface area (Å²) in [5.74, 6) is 0.797. The fourth-order valence-electron chi connectivity index (χ4n) is 2.01.